The number of benzene rings is 2. The van der Waals surface area contributed by atoms with Crippen LogP contribution >= 0.6 is 11.6 Å². The summed E-state index contributed by atoms with van der Waals surface area (Å²) >= 11 is 6.16. The smallest absolute Gasteiger partial charge is 0.229 e. The van der Waals surface area contributed by atoms with E-state index >= 15 is 0 Å². The van der Waals surface area contributed by atoms with Crippen molar-refractivity contribution in [2.45, 2.75) is 19.1 Å². The van der Waals surface area contributed by atoms with E-state index in [1.807, 2.05) is 48.5 Å². The van der Waals surface area contributed by atoms with Crippen LogP contribution < -0.4 is 10.1 Å². The molecule has 6 nitrogen and oxygen atoms in total. The number of rotatable bonds is 4. The molecule has 7 heteroatoms. The molecular weight excluding hydrogens is 340 g/mol. The summed E-state index contributed by atoms with van der Waals surface area (Å²) in [6, 6.07) is 15.0. The standard InChI is InChI=1S/C18H15ClN4O2/c19-15-7-2-1-4-13(15)10-25-14-6-3-5-12(8-14)16-9-17(24)22-18-20-11-21-23(16)18/h1-8,11,16H,9-10H2,(H,20,21,22,24)/t16-/m0/s1. The van der Waals surface area contributed by atoms with Gasteiger partial charge < -0.3 is 4.74 Å². The summed E-state index contributed by atoms with van der Waals surface area (Å²) in [5.74, 6) is 1.10. The second kappa shape index (κ2) is 6.57. The molecule has 25 heavy (non-hydrogen) atoms. The molecule has 1 aliphatic rings. The number of hydrogen-bond donors (Lipinski definition) is 1. The first-order valence-electron chi connectivity index (χ1n) is 7.86. The van der Waals surface area contributed by atoms with Crippen molar-refractivity contribution in [1.82, 2.24) is 14.8 Å². The maximum atomic E-state index is 11.9. The van der Waals surface area contributed by atoms with Crippen molar-refractivity contribution in [2.24, 2.45) is 0 Å². The van der Waals surface area contributed by atoms with E-state index in [0.29, 0.717) is 29.7 Å². The zero-order valence-corrected chi connectivity index (χ0v) is 14.0. The highest BCUT2D eigenvalue weighted by atomic mass is 35.5. The number of anilines is 1. The fourth-order valence-electron chi connectivity index (χ4n) is 2.85. The Labute approximate surface area is 149 Å². The first-order valence-corrected chi connectivity index (χ1v) is 8.24. The third-order valence-electron chi connectivity index (χ3n) is 4.09. The molecule has 0 spiro atoms. The van der Waals surface area contributed by atoms with Crippen LogP contribution in [0.4, 0.5) is 5.95 Å². The number of halogens is 1. The lowest BCUT2D eigenvalue weighted by molar-refractivity contribution is -0.117. The molecule has 0 bridgehead atoms. The highest BCUT2D eigenvalue weighted by Crippen LogP contribution is 2.30. The molecule has 2 aromatic carbocycles. The molecule has 0 aliphatic carbocycles. The predicted molar refractivity (Wildman–Crippen MR) is 93.6 cm³/mol. The highest BCUT2D eigenvalue weighted by Gasteiger charge is 2.27. The van der Waals surface area contributed by atoms with E-state index in [0.717, 1.165) is 11.1 Å². The van der Waals surface area contributed by atoms with Crippen molar-refractivity contribution < 1.29 is 9.53 Å². The van der Waals surface area contributed by atoms with Crippen molar-refractivity contribution in [1.29, 1.82) is 0 Å². The van der Waals surface area contributed by atoms with Gasteiger partial charge in [-0.1, -0.05) is 41.9 Å². The SMILES string of the molecule is O=C1C[C@@H](c2cccc(OCc3ccccc3Cl)c2)n2ncnc2N1. The summed E-state index contributed by atoms with van der Waals surface area (Å²) in [5, 5.41) is 7.60. The molecule has 1 N–H and O–H groups in total. The molecule has 126 valence electrons. The van der Waals surface area contributed by atoms with Gasteiger partial charge in [-0.3, -0.25) is 10.1 Å². The van der Waals surface area contributed by atoms with Gasteiger partial charge in [-0.05, 0) is 23.8 Å². The van der Waals surface area contributed by atoms with Gasteiger partial charge >= 0.3 is 0 Å². The van der Waals surface area contributed by atoms with Crippen LogP contribution in [0.1, 0.15) is 23.6 Å². The Balaban J connectivity index is 1.56. The molecule has 1 amide bonds. The fourth-order valence-corrected chi connectivity index (χ4v) is 3.04. The number of nitrogens with one attached hydrogen (secondary N) is 1. The van der Waals surface area contributed by atoms with Crippen LogP contribution in [-0.2, 0) is 11.4 Å². The van der Waals surface area contributed by atoms with E-state index in [4.69, 9.17) is 16.3 Å². The number of aromatic nitrogens is 3. The largest absolute Gasteiger partial charge is 0.489 e. The first-order chi connectivity index (χ1) is 12.2. The van der Waals surface area contributed by atoms with Crippen LogP contribution in [0.25, 0.3) is 0 Å². The van der Waals surface area contributed by atoms with Crippen LogP contribution in [0.15, 0.2) is 54.9 Å². The van der Waals surface area contributed by atoms with E-state index in [1.165, 1.54) is 6.33 Å². The summed E-state index contributed by atoms with van der Waals surface area (Å²) in [5.41, 5.74) is 1.86. The van der Waals surface area contributed by atoms with Crippen molar-refractivity contribution in [3.63, 3.8) is 0 Å². The molecule has 0 radical (unpaired) electrons. The number of carbonyl (C=O) groups is 1. The number of amides is 1. The van der Waals surface area contributed by atoms with Gasteiger partial charge in [0.25, 0.3) is 0 Å². The molecule has 1 atom stereocenters. The van der Waals surface area contributed by atoms with Crippen LogP contribution in [-0.4, -0.2) is 20.7 Å². The number of nitrogens with zero attached hydrogens (tertiary/aromatic N) is 3. The zero-order chi connectivity index (χ0) is 17.2. The van der Waals surface area contributed by atoms with Gasteiger partial charge in [0, 0.05) is 10.6 Å². The normalized spacial score (nSPS) is 16.2. The monoisotopic (exact) mass is 354 g/mol. The molecule has 1 aliphatic heterocycles. The van der Waals surface area contributed by atoms with E-state index in [9.17, 15) is 4.79 Å². The Morgan fingerprint density at radius 2 is 2.12 bits per heavy atom. The predicted octanol–water partition coefficient (Wildman–Crippen LogP) is 3.44. The van der Waals surface area contributed by atoms with E-state index in [1.54, 1.807) is 4.68 Å². The topological polar surface area (TPSA) is 69.0 Å². The van der Waals surface area contributed by atoms with E-state index < -0.39 is 0 Å². The average Bonchev–Trinajstić information content (AvgIpc) is 3.09. The zero-order valence-electron chi connectivity index (χ0n) is 13.2. The quantitative estimate of drug-likeness (QED) is 0.779. The number of carbonyl (C=O) groups excluding carboxylic acids is 1. The van der Waals surface area contributed by atoms with Crippen LogP contribution in [0.3, 0.4) is 0 Å². The molecule has 0 fully saturated rings. The van der Waals surface area contributed by atoms with Gasteiger partial charge in [0.1, 0.15) is 18.7 Å². The molecular formula is C18H15ClN4O2. The molecule has 0 unspecified atom stereocenters. The van der Waals surface area contributed by atoms with Gasteiger partial charge in [0.2, 0.25) is 11.9 Å². The second-order valence-electron chi connectivity index (χ2n) is 5.75. The first kappa shape index (κ1) is 15.7. The Bertz CT molecular complexity index is 925. The van der Waals surface area contributed by atoms with Crippen molar-refractivity contribution in [3.8, 4) is 5.75 Å². The third-order valence-corrected chi connectivity index (χ3v) is 4.46. The number of hydrogen-bond acceptors (Lipinski definition) is 4. The van der Waals surface area contributed by atoms with Gasteiger partial charge in [-0.25, -0.2) is 4.68 Å². The summed E-state index contributed by atoms with van der Waals surface area (Å²) in [6.07, 6.45) is 1.75. The van der Waals surface area contributed by atoms with Gasteiger partial charge in [-0.15, -0.1) is 0 Å². The van der Waals surface area contributed by atoms with Crippen molar-refractivity contribution >= 4 is 23.5 Å². The minimum Gasteiger partial charge on any atom is -0.489 e. The van der Waals surface area contributed by atoms with E-state index in [2.05, 4.69) is 15.4 Å². The van der Waals surface area contributed by atoms with Crippen LogP contribution in [0.5, 0.6) is 5.75 Å². The summed E-state index contributed by atoms with van der Waals surface area (Å²) < 4.78 is 7.59. The van der Waals surface area contributed by atoms with Crippen molar-refractivity contribution in [3.05, 3.63) is 71.0 Å². The Morgan fingerprint density at radius 1 is 1.24 bits per heavy atom. The molecule has 0 saturated heterocycles. The molecule has 4 rings (SSSR count). The summed E-state index contributed by atoms with van der Waals surface area (Å²) in [7, 11) is 0. The molecule has 2 heterocycles. The minimum absolute atomic E-state index is 0.0760. The lowest BCUT2D eigenvalue weighted by atomic mass is 10.0. The Morgan fingerprint density at radius 3 is 3.00 bits per heavy atom. The lowest BCUT2D eigenvalue weighted by Gasteiger charge is -2.24. The fraction of sp³-hybridized carbons (Fsp3) is 0.167. The molecule has 1 aromatic heterocycles. The lowest BCUT2D eigenvalue weighted by Crippen LogP contribution is -2.29. The molecule has 3 aromatic rings. The van der Waals surface area contributed by atoms with Gasteiger partial charge in [0.05, 0.1) is 12.5 Å². The Hall–Kier alpha value is -2.86. The summed E-state index contributed by atoms with van der Waals surface area (Å²) in [6.45, 7) is 0.378. The number of ether oxygens (including phenoxy) is 1. The maximum absolute atomic E-state index is 11.9. The average molecular weight is 355 g/mol. The maximum Gasteiger partial charge on any atom is 0.229 e. The second-order valence-corrected chi connectivity index (χ2v) is 6.16. The molecule has 0 saturated carbocycles. The third kappa shape index (κ3) is 3.21. The van der Waals surface area contributed by atoms with Crippen LogP contribution in [0, 0.1) is 0 Å². The van der Waals surface area contributed by atoms with Gasteiger partial charge in [0.15, 0.2) is 0 Å². The van der Waals surface area contributed by atoms with E-state index in [-0.39, 0.29) is 11.9 Å². The van der Waals surface area contributed by atoms with Gasteiger partial charge in [-0.2, -0.15) is 10.1 Å². The van der Waals surface area contributed by atoms with Crippen molar-refractivity contribution in [2.75, 3.05) is 5.32 Å². The summed E-state index contributed by atoms with van der Waals surface area (Å²) in [4.78, 5) is 16.0. The van der Waals surface area contributed by atoms with Crippen LogP contribution in [0.2, 0.25) is 5.02 Å². The number of fused-ring (bicyclic) bond motifs is 1. The highest BCUT2D eigenvalue weighted by molar-refractivity contribution is 6.31. The Kier molecular flexibility index (Phi) is 4.11. The minimum atomic E-state index is -0.199.